The number of benzene rings is 1. The Morgan fingerprint density at radius 1 is 1.27 bits per heavy atom. The van der Waals surface area contributed by atoms with E-state index < -0.39 is 34.9 Å². The maximum atomic E-state index is 12.0. The summed E-state index contributed by atoms with van der Waals surface area (Å²) in [4.78, 5) is 23.3. The molecule has 144 valence electrons. The maximum absolute atomic E-state index is 12.0. The second-order valence-corrected chi connectivity index (χ2v) is 8.97. The Hall–Kier alpha value is -1.88. The number of anilines is 1. The van der Waals surface area contributed by atoms with Crippen LogP contribution in [0, 0.1) is 0 Å². The molecule has 26 heavy (non-hydrogen) atoms. The number of hydrogen-bond acceptors (Lipinski definition) is 7. The van der Waals surface area contributed by atoms with Crippen LogP contribution in [-0.2, 0) is 24.2 Å². The molecule has 1 aliphatic rings. The molecule has 0 unspecified atom stereocenters. The molecule has 0 radical (unpaired) electrons. The molecule has 1 atom stereocenters. The summed E-state index contributed by atoms with van der Waals surface area (Å²) in [5.41, 5.74) is 0.332. The summed E-state index contributed by atoms with van der Waals surface area (Å²) in [7, 11) is -3.00. The van der Waals surface area contributed by atoms with Crippen LogP contribution in [0.25, 0.3) is 0 Å². The largest absolute Gasteiger partial charge is 0.455 e. The van der Waals surface area contributed by atoms with Crippen LogP contribution < -0.4 is 10.1 Å². The van der Waals surface area contributed by atoms with Crippen LogP contribution in [-0.4, -0.2) is 56.0 Å². The Morgan fingerprint density at radius 2 is 1.96 bits per heavy atom. The van der Waals surface area contributed by atoms with E-state index in [-0.39, 0.29) is 28.3 Å². The van der Waals surface area contributed by atoms with Crippen LogP contribution in [0.15, 0.2) is 24.3 Å². The number of halogens is 2. The molecule has 1 aromatic carbocycles. The van der Waals surface area contributed by atoms with Crippen LogP contribution >= 0.6 is 11.8 Å². The van der Waals surface area contributed by atoms with Gasteiger partial charge in [-0.15, -0.1) is 11.8 Å². The lowest BCUT2D eigenvalue weighted by atomic mass is 10.3. The van der Waals surface area contributed by atoms with Crippen molar-refractivity contribution >= 4 is 39.2 Å². The molecule has 0 aliphatic carbocycles. The smallest absolute Gasteiger partial charge is 0.387 e. The quantitative estimate of drug-likeness (QED) is 0.653. The van der Waals surface area contributed by atoms with Crippen molar-refractivity contribution in [3.63, 3.8) is 0 Å². The topological polar surface area (TPSA) is 98.8 Å². The number of hydrogen-bond donors (Lipinski definition) is 1. The molecule has 1 fully saturated rings. The first-order chi connectivity index (χ1) is 12.2. The minimum Gasteiger partial charge on any atom is -0.455 e. The van der Waals surface area contributed by atoms with Gasteiger partial charge in [0.05, 0.1) is 17.3 Å². The van der Waals surface area contributed by atoms with E-state index in [2.05, 4.69) is 10.1 Å². The van der Waals surface area contributed by atoms with Gasteiger partial charge in [-0.3, -0.25) is 9.59 Å². The van der Waals surface area contributed by atoms with E-state index in [0.29, 0.717) is 12.1 Å². The Kier molecular flexibility index (Phi) is 7.21. The highest BCUT2D eigenvalue weighted by Gasteiger charge is 2.28. The number of ether oxygens (including phenoxy) is 2. The third kappa shape index (κ3) is 7.16. The zero-order valence-electron chi connectivity index (χ0n) is 13.5. The van der Waals surface area contributed by atoms with E-state index in [0.717, 1.165) is 0 Å². The Labute approximate surface area is 153 Å². The van der Waals surface area contributed by atoms with Gasteiger partial charge in [0.25, 0.3) is 5.91 Å². The average molecular weight is 409 g/mol. The zero-order chi connectivity index (χ0) is 19.2. The molecule has 1 saturated heterocycles. The number of carbonyl (C=O) groups is 2. The second kappa shape index (κ2) is 9.17. The first-order valence-corrected chi connectivity index (χ1v) is 10.4. The summed E-state index contributed by atoms with van der Waals surface area (Å²) in [6.07, 6.45) is 0.506. The van der Waals surface area contributed by atoms with Crippen molar-refractivity contribution in [1.29, 1.82) is 0 Å². The molecule has 11 heteroatoms. The molecule has 0 bridgehead atoms. The lowest BCUT2D eigenvalue weighted by molar-refractivity contribution is -0.144. The van der Waals surface area contributed by atoms with E-state index >= 15 is 0 Å². The van der Waals surface area contributed by atoms with Crippen molar-refractivity contribution in [1.82, 2.24) is 0 Å². The standard InChI is InChI=1S/C15H17F2NO6S2/c16-15(17)24-11-3-1-10(2-4-11)18-13(19)7-23-14(20)8-25-12-5-6-26(21,22)9-12/h1-4,12,15H,5-9H2,(H,18,19)/t12-/m1/s1. The fraction of sp³-hybridized carbons (Fsp3) is 0.467. The number of nitrogens with one attached hydrogen (secondary N) is 1. The molecular formula is C15H17F2NO6S2. The van der Waals surface area contributed by atoms with Gasteiger partial charge in [0.2, 0.25) is 0 Å². The van der Waals surface area contributed by atoms with Crippen molar-refractivity contribution in [3.8, 4) is 5.75 Å². The number of sulfone groups is 1. The van der Waals surface area contributed by atoms with Gasteiger partial charge < -0.3 is 14.8 Å². The van der Waals surface area contributed by atoms with Crippen molar-refractivity contribution in [3.05, 3.63) is 24.3 Å². The first kappa shape index (κ1) is 20.4. The van der Waals surface area contributed by atoms with E-state index in [1.54, 1.807) is 0 Å². The molecule has 1 amide bonds. The Bertz CT molecular complexity index is 739. The molecule has 0 spiro atoms. The van der Waals surface area contributed by atoms with Gasteiger partial charge in [-0.2, -0.15) is 8.78 Å². The molecule has 2 rings (SSSR count). The maximum Gasteiger partial charge on any atom is 0.387 e. The van der Waals surface area contributed by atoms with Crippen molar-refractivity contribution in [2.75, 3.05) is 29.2 Å². The number of esters is 1. The zero-order valence-corrected chi connectivity index (χ0v) is 15.2. The SMILES string of the molecule is O=C(COC(=O)CS[C@@H]1CCS(=O)(=O)C1)Nc1ccc(OC(F)F)cc1. The van der Waals surface area contributed by atoms with E-state index in [4.69, 9.17) is 4.74 Å². The van der Waals surface area contributed by atoms with Crippen molar-refractivity contribution in [2.24, 2.45) is 0 Å². The minimum absolute atomic E-state index is 0.0346. The highest BCUT2D eigenvalue weighted by molar-refractivity contribution is 8.02. The van der Waals surface area contributed by atoms with E-state index in [1.807, 2.05) is 0 Å². The van der Waals surface area contributed by atoms with Gasteiger partial charge in [0.1, 0.15) is 5.75 Å². The van der Waals surface area contributed by atoms with Crippen molar-refractivity contribution in [2.45, 2.75) is 18.3 Å². The van der Waals surface area contributed by atoms with Gasteiger partial charge >= 0.3 is 12.6 Å². The number of carbonyl (C=O) groups excluding carboxylic acids is 2. The van der Waals surface area contributed by atoms with Crippen LogP contribution in [0.1, 0.15) is 6.42 Å². The van der Waals surface area contributed by atoms with Gasteiger partial charge in [-0.25, -0.2) is 8.42 Å². The van der Waals surface area contributed by atoms with Gasteiger partial charge in [-0.1, -0.05) is 0 Å². The van der Waals surface area contributed by atoms with E-state index in [9.17, 15) is 26.8 Å². The molecule has 1 N–H and O–H groups in total. The van der Waals surface area contributed by atoms with Crippen molar-refractivity contribution < 1.29 is 36.3 Å². The third-order valence-electron chi connectivity index (χ3n) is 3.36. The summed E-state index contributed by atoms with van der Waals surface area (Å²) < 4.78 is 55.7. The monoisotopic (exact) mass is 409 g/mol. The number of alkyl halides is 2. The highest BCUT2D eigenvalue weighted by atomic mass is 32.2. The summed E-state index contributed by atoms with van der Waals surface area (Å²) in [6, 6.07) is 5.27. The molecule has 0 saturated carbocycles. The van der Waals surface area contributed by atoms with Gasteiger partial charge in [0.15, 0.2) is 16.4 Å². The average Bonchev–Trinajstić information content (AvgIpc) is 2.91. The normalized spacial score (nSPS) is 18.5. The lowest BCUT2D eigenvalue weighted by Gasteiger charge is -2.09. The van der Waals surface area contributed by atoms with Gasteiger partial charge in [0, 0.05) is 10.9 Å². The minimum atomic E-state index is -3.00. The number of amides is 1. The molecule has 7 nitrogen and oxygen atoms in total. The molecule has 1 aromatic rings. The number of rotatable bonds is 8. The Balaban J connectivity index is 1.67. The highest BCUT2D eigenvalue weighted by Crippen LogP contribution is 2.24. The third-order valence-corrected chi connectivity index (χ3v) is 6.61. The second-order valence-electron chi connectivity index (χ2n) is 5.45. The van der Waals surface area contributed by atoms with Crippen LogP contribution in [0.3, 0.4) is 0 Å². The van der Waals surface area contributed by atoms with Crippen LogP contribution in [0.2, 0.25) is 0 Å². The fourth-order valence-electron chi connectivity index (χ4n) is 2.18. The number of thioether (sulfide) groups is 1. The van der Waals surface area contributed by atoms with Crippen LogP contribution in [0.4, 0.5) is 14.5 Å². The summed E-state index contributed by atoms with van der Waals surface area (Å²) in [6.45, 7) is -3.44. The molecule has 1 heterocycles. The summed E-state index contributed by atoms with van der Waals surface area (Å²) in [5.74, 6) is -1.10. The summed E-state index contributed by atoms with van der Waals surface area (Å²) in [5, 5.41) is 2.31. The van der Waals surface area contributed by atoms with Gasteiger partial charge in [-0.05, 0) is 30.7 Å². The molecular weight excluding hydrogens is 392 g/mol. The van der Waals surface area contributed by atoms with Crippen LogP contribution in [0.5, 0.6) is 5.75 Å². The first-order valence-electron chi connectivity index (χ1n) is 7.56. The predicted molar refractivity (Wildman–Crippen MR) is 92.2 cm³/mol. The van der Waals surface area contributed by atoms with E-state index in [1.165, 1.54) is 36.0 Å². The fourth-order valence-corrected chi connectivity index (χ4v) is 5.62. The molecule has 1 aliphatic heterocycles. The predicted octanol–water partition coefficient (Wildman–Crippen LogP) is 1.69. The summed E-state index contributed by atoms with van der Waals surface area (Å²) >= 11 is 1.20. The Morgan fingerprint density at radius 3 is 2.54 bits per heavy atom. The molecule has 0 aromatic heterocycles. The lowest BCUT2D eigenvalue weighted by Crippen LogP contribution is -2.22.